The van der Waals surface area contributed by atoms with Gasteiger partial charge in [0.1, 0.15) is 18.3 Å². The number of methoxy groups -OCH3 is 1. The van der Waals surface area contributed by atoms with Crippen LogP contribution in [-0.2, 0) is 9.47 Å². The van der Waals surface area contributed by atoms with Crippen molar-refractivity contribution in [3.63, 3.8) is 0 Å². The molecule has 3 rings (SSSR count). The lowest BCUT2D eigenvalue weighted by molar-refractivity contribution is -0.0583. The number of ether oxygens (including phenoxy) is 2. The van der Waals surface area contributed by atoms with Gasteiger partial charge in [0.05, 0.1) is 12.9 Å². The number of nitrogen functional groups attached to an aromatic ring is 1. The topological polar surface area (TPSA) is 180 Å². The average Bonchev–Trinajstić information content (AvgIpc) is 2.99. The van der Waals surface area contributed by atoms with Crippen LogP contribution in [0.4, 0.5) is 5.95 Å². The molecule has 0 aromatic carbocycles. The third-order valence-electron chi connectivity index (χ3n) is 3.49. The van der Waals surface area contributed by atoms with Crippen LogP contribution in [0.2, 0.25) is 0 Å². The van der Waals surface area contributed by atoms with Gasteiger partial charge in [-0.15, -0.1) is 0 Å². The summed E-state index contributed by atoms with van der Waals surface area (Å²) in [7, 11) is 1.41. The number of anilines is 1. The first kappa shape index (κ1) is 16.3. The van der Waals surface area contributed by atoms with E-state index in [1.54, 1.807) is 0 Å². The first-order chi connectivity index (χ1) is 10.1. The minimum absolute atomic E-state index is 0. The molecule has 0 radical (unpaired) electrons. The summed E-state index contributed by atoms with van der Waals surface area (Å²) in [5.74, 6) is -0.0551. The first-order valence-corrected chi connectivity index (χ1v) is 6.26. The third kappa shape index (κ3) is 2.34. The molecule has 0 unspecified atom stereocenters. The number of hydrogen-bond donors (Lipinski definition) is 4. The zero-order valence-electron chi connectivity index (χ0n) is 11.6. The van der Waals surface area contributed by atoms with Crippen LogP contribution >= 0.6 is 0 Å². The molecular weight excluding hydrogens is 298 g/mol. The molecule has 1 aliphatic heterocycles. The highest BCUT2D eigenvalue weighted by Crippen LogP contribution is 2.32. The van der Waals surface area contributed by atoms with E-state index in [1.165, 1.54) is 18.0 Å². The molecule has 11 heteroatoms. The molecule has 0 bridgehead atoms. The van der Waals surface area contributed by atoms with E-state index in [0.29, 0.717) is 0 Å². The van der Waals surface area contributed by atoms with Gasteiger partial charge in [0.25, 0.3) is 5.56 Å². The summed E-state index contributed by atoms with van der Waals surface area (Å²) in [6, 6.07) is 0. The number of aliphatic hydroxyl groups is 2. The zero-order chi connectivity index (χ0) is 15.1. The lowest BCUT2D eigenvalue weighted by atomic mass is 10.1. The number of rotatable bonds is 3. The highest BCUT2D eigenvalue weighted by atomic mass is 16.6. The van der Waals surface area contributed by atoms with Crippen molar-refractivity contribution in [2.75, 3.05) is 19.5 Å². The molecule has 1 saturated heterocycles. The predicted molar refractivity (Wildman–Crippen MR) is 74.0 cm³/mol. The summed E-state index contributed by atoms with van der Waals surface area (Å²) in [4.78, 5) is 22.1. The van der Waals surface area contributed by atoms with Gasteiger partial charge in [0.15, 0.2) is 17.4 Å². The second-order valence-electron chi connectivity index (χ2n) is 4.71. The van der Waals surface area contributed by atoms with Crippen LogP contribution < -0.4 is 11.3 Å². The number of fused-ring (bicyclic) bond motifs is 1. The molecule has 1 aliphatic rings. The van der Waals surface area contributed by atoms with Gasteiger partial charge < -0.3 is 30.9 Å². The molecule has 0 amide bonds. The number of aromatic amines is 1. The van der Waals surface area contributed by atoms with Gasteiger partial charge in [-0.25, -0.2) is 4.98 Å². The Hall–Kier alpha value is -2.05. The molecule has 7 N–H and O–H groups in total. The smallest absolute Gasteiger partial charge is 0.280 e. The van der Waals surface area contributed by atoms with Crippen molar-refractivity contribution in [1.82, 2.24) is 19.5 Å². The van der Waals surface area contributed by atoms with Crippen LogP contribution in [-0.4, -0.2) is 67.2 Å². The quantitative estimate of drug-likeness (QED) is 0.466. The first-order valence-electron chi connectivity index (χ1n) is 6.26. The van der Waals surface area contributed by atoms with E-state index in [9.17, 15) is 15.0 Å². The van der Waals surface area contributed by atoms with E-state index in [-0.39, 0.29) is 29.2 Å². The van der Waals surface area contributed by atoms with Crippen molar-refractivity contribution in [3.8, 4) is 0 Å². The Bertz CT molecular complexity index is 715. The maximum Gasteiger partial charge on any atom is 0.280 e. The van der Waals surface area contributed by atoms with E-state index < -0.39 is 30.1 Å². The highest BCUT2D eigenvalue weighted by molar-refractivity contribution is 5.70. The number of nitrogens with zero attached hydrogens (tertiary/aromatic N) is 3. The fourth-order valence-corrected chi connectivity index (χ4v) is 2.48. The Morgan fingerprint density at radius 3 is 2.95 bits per heavy atom. The van der Waals surface area contributed by atoms with Crippen LogP contribution in [0.3, 0.4) is 0 Å². The summed E-state index contributed by atoms with van der Waals surface area (Å²) in [5, 5.41) is 19.3. The summed E-state index contributed by atoms with van der Waals surface area (Å²) >= 11 is 0. The number of aliphatic hydroxyl groups excluding tert-OH is 2. The number of nitrogens with two attached hydrogens (primary N) is 1. The molecule has 2 aromatic heterocycles. The molecule has 122 valence electrons. The largest absolute Gasteiger partial charge is 0.412 e. The number of nitrogens with one attached hydrogen (secondary N) is 1. The van der Waals surface area contributed by atoms with Crippen LogP contribution in [0.15, 0.2) is 11.1 Å². The Balaban J connectivity index is 0.00000176. The van der Waals surface area contributed by atoms with Crippen molar-refractivity contribution in [2.24, 2.45) is 0 Å². The van der Waals surface area contributed by atoms with Gasteiger partial charge in [-0.1, -0.05) is 0 Å². The van der Waals surface area contributed by atoms with Gasteiger partial charge >= 0.3 is 0 Å². The Kier molecular flexibility index (Phi) is 4.44. The number of aromatic nitrogens is 4. The summed E-state index contributed by atoms with van der Waals surface area (Å²) in [5.41, 5.74) is 5.38. The minimum Gasteiger partial charge on any atom is -0.412 e. The van der Waals surface area contributed by atoms with Gasteiger partial charge in [0.2, 0.25) is 5.95 Å². The van der Waals surface area contributed by atoms with E-state index in [4.69, 9.17) is 15.2 Å². The summed E-state index contributed by atoms with van der Waals surface area (Å²) in [6.45, 7) is -0.361. The fourth-order valence-electron chi connectivity index (χ4n) is 2.48. The Morgan fingerprint density at radius 2 is 2.32 bits per heavy atom. The standard InChI is InChI=1S/C11H15N5O5.H2O/c1-20-7-6(18)4(2-17)21-10(7)16-3-13-5-8(16)14-11(12)15-9(5)19;/h3-4,6-7,10,17-18H,2H2,1H3,(H3,12,14,15,19);1H2/t4-,6+,7-,10-;/m1./s1. The van der Waals surface area contributed by atoms with Gasteiger partial charge in [-0.2, -0.15) is 4.98 Å². The second kappa shape index (κ2) is 5.98. The number of H-pyrrole nitrogens is 1. The predicted octanol–water partition coefficient (Wildman–Crippen LogP) is -2.86. The molecule has 0 saturated carbocycles. The average molecular weight is 315 g/mol. The molecule has 4 atom stereocenters. The van der Waals surface area contributed by atoms with Crippen LogP contribution in [0.1, 0.15) is 6.23 Å². The van der Waals surface area contributed by atoms with Crippen molar-refractivity contribution in [2.45, 2.75) is 24.5 Å². The molecular formula is C11H17N5O6. The van der Waals surface area contributed by atoms with E-state index >= 15 is 0 Å². The zero-order valence-corrected chi connectivity index (χ0v) is 11.6. The maximum absolute atomic E-state index is 11.8. The highest BCUT2D eigenvalue weighted by Gasteiger charge is 2.45. The van der Waals surface area contributed by atoms with Gasteiger partial charge in [0, 0.05) is 7.11 Å². The molecule has 3 heterocycles. The molecule has 2 aromatic rings. The lowest BCUT2D eigenvalue weighted by Gasteiger charge is -2.19. The molecule has 0 aliphatic carbocycles. The monoisotopic (exact) mass is 315 g/mol. The van der Waals surface area contributed by atoms with E-state index in [2.05, 4.69) is 15.0 Å². The van der Waals surface area contributed by atoms with Crippen molar-refractivity contribution in [1.29, 1.82) is 0 Å². The van der Waals surface area contributed by atoms with Crippen LogP contribution in [0, 0.1) is 0 Å². The fraction of sp³-hybridized carbons (Fsp3) is 0.545. The summed E-state index contributed by atoms with van der Waals surface area (Å²) < 4.78 is 12.2. The van der Waals surface area contributed by atoms with Crippen molar-refractivity contribution >= 4 is 17.1 Å². The van der Waals surface area contributed by atoms with Crippen LogP contribution in [0.5, 0.6) is 0 Å². The van der Waals surface area contributed by atoms with E-state index in [1.807, 2.05) is 0 Å². The molecule has 11 nitrogen and oxygen atoms in total. The van der Waals surface area contributed by atoms with Crippen molar-refractivity contribution < 1.29 is 25.2 Å². The Labute approximate surface area is 123 Å². The van der Waals surface area contributed by atoms with Gasteiger partial charge in [-0.05, 0) is 0 Å². The SMILES string of the molecule is CO[C@@H]1[C@@H](O)[C@@H](CO)O[C@H]1n1cnc2c(=O)[nH]c(N)nc21.O. The van der Waals surface area contributed by atoms with Gasteiger partial charge in [-0.3, -0.25) is 14.3 Å². The normalized spacial score (nSPS) is 28.0. The van der Waals surface area contributed by atoms with E-state index in [0.717, 1.165) is 0 Å². The minimum atomic E-state index is -1.01. The molecule has 0 spiro atoms. The molecule has 1 fully saturated rings. The number of hydrogen-bond acceptors (Lipinski definition) is 8. The second-order valence-corrected chi connectivity index (χ2v) is 4.71. The Morgan fingerprint density at radius 1 is 1.59 bits per heavy atom. The summed E-state index contributed by atoms with van der Waals surface area (Å²) in [6.07, 6.45) is -1.96. The number of imidazole rings is 1. The lowest BCUT2D eigenvalue weighted by Crippen LogP contribution is -2.34. The maximum atomic E-state index is 11.8. The molecule has 22 heavy (non-hydrogen) atoms. The van der Waals surface area contributed by atoms with Crippen molar-refractivity contribution in [3.05, 3.63) is 16.7 Å². The van der Waals surface area contributed by atoms with Crippen LogP contribution in [0.25, 0.3) is 11.2 Å². The third-order valence-corrected chi connectivity index (χ3v) is 3.49.